The second-order valence-corrected chi connectivity index (χ2v) is 6.47. The average molecular weight is 402 g/mol. The normalized spacial score (nSPS) is 14.1. The van der Waals surface area contributed by atoms with Crippen molar-refractivity contribution < 1.29 is 14.4 Å². The molecule has 0 aliphatic carbocycles. The Bertz CT molecular complexity index is 820. The molecule has 1 aromatic heterocycles. The lowest BCUT2D eigenvalue weighted by Gasteiger charge is -2.21. The van der Waals surface area contributed by atoms with Crippen molar-refractivity contribution in [1.82, 2.24) is 4.98 Å². The number of halogens is 1. The quantitative estimate of drug-likeness (QED) is 0.737. The van der Waals surface area contributed by atoms with E-state index in [0.29, 0.717) is 23.6 Å². The standard InChI is InChI=1S/C18H16BrN3O3/c1-2-21(15-7-6-13(19)11-20-15)18(25)12-4-3-5-14(10-12)22-16(23)8-9-17(22)24/h3-7,10-11H,2,8-9H2,1H3. The molecular formula is C18H16BrN3O3. The summed E-state index contributed by atoms with van der Waals surface area (Å²) < 4.78 is 0.827. The maximum absolute atomic E-state index is 12.9. The Morgan fingerprint density at radius 3 is 2.52 bits per heavy atom. The van der Waals surface area contributed by atoms with Crippen LogP contribution >= 0.6 is 15.9 Å². The minimum absolute atomic E-state index is 0.209. The molecule has 1 aromatic carbocycles. The molecule has 1 aliphatic rings. The molecule has 128 valence electrons. The summed E-state index contributed by atoms with van der Waals surface area (Å²) >= 11 is 3.32. The summed E-state index contributed by atoms with van der Waals surface area (Å²) in [5.41, 5.74) is 0.828. The Kier molecular flexibility index (Phi) is 4.94. The summed E-state index contributed by atoms with van der Waals surface area (Å²) in [4.78, 5) is 43.6. The van der Waals surface area contributed by atoms with Gasteiger partial charge in [0.15, 0.2) is 0 Å². The fourth-order valence-electron chi connectivity index (χ4n) is 2.74. The van der Waals surface area contributed by atoms with E-state index in [2.05, 4.69) is 20.9 Å². The van der Waals surface area contributed by atoms with Crippen LogP contribution in [0.5, 0.6) is 0 Å². The molecule has 2 aromatic rings. The van der Waals surface area contributed by atoms with Crippen molar-refractivity contribution in [2.75, 3.05) is 16.3 Å². The molecule has 25 heavy (non-hydrogen) atoms. The zero-order chi connectivity index (χ0) is 18.0. The lowest BCUT2D eigenvalue weighted by Crippen LogP contribution is -2.32. The van der Waals surface area contributed by atoms with Gasteiger partial charge in [-0.25, -0.2) is 4.98 Å². The Hall–Kier alpha value is -2.54. The zero-order valence-corrected chi connectivity index (χ0v) is 15.2. The predicted molar refractivity (Wildman–Crippen MR) is 97.5 cm³/mol. The maximum Gasteiger partial charge on any atom is 0.259 e. The van der Waals surface area contributed by atoms with Gasteiger partial charge in [-0.2, -0.15) is 0 Å². The minimum atomic E-state index is -0.239. The molecule has 0 bridgehead atoms. The molecule has 0 unspecified atom stereocenters. The van der Waals surface area contributed by atoms with Gasteiger partial charge in [0.2, 0.25) is 11.8 Å². The molecule has 1 fully saturated rings. The molecule has 0 radical (unpaired) electrons. The topological polar surface area (TPSA) is 70.6 Å². The molecule has 7 heteroatoms. The van der Waals surface area contributed by atoms with E-state index in [-0.39, 0.29) is 30.6 Å². The smallest absolute Gasteiger partial charge is 0.259 e. The van der Waals surface area contributed by atoms with Gasteiger partial charge in [-0.15, -0.1) is 0 Å². The molecule has 1 saturated heterocycles. The van der Waals surface area contributed by atoms with E-state index < -0.39 is 0 Å². The highest BCUT2D eigenvalue weighted by atomic mass is 79.9. The van der Waals surface area contributed by atoms with Crippen molar-refractivity contribution in [2.24, 2.45) is 0 Å². The Balaban J connectivity index is 1.91. The highest BCUT2D eigenvalue weighted by Crippen LogP contribution is 2.25. The third kappa shape index (κ3) is 3.46. The van der Waals surface area contributed by atoms with Crippen molar-refractivity contribution in [2.45, 2.75) is 19.8 Å². The van der Waals surface area contributed by atoms with Gasteiger partial charge in [0, 0.05) is 35.6 Å². The number of pyridine rings is 1. The van der Waals surface area contributed by atoms with Crippen molar-refractivity contribution >= 4 is 45.2 Å². The molecule has 0 atom stereocenters. The van der Waals surface area contributed by atoms with Crippen LogP contribution in [0.4, 0.5) is 11.5 Å². The van der Waals surface area contributed by atoms with Crippen molar-refractivity contribution in [3.8, 4) is 0 Å². The molecule has 3 amide bonds. The highest BCUT2D eigenvalue weighted by Gasteiger charge is 2.30. The van der Waals surface area contributed by atoms with Crippen LogP contribution in [0, 0.1) is 0 Å². The monoisotopic (exact) mass is 401 g/mol. The number of benzene rings is 1. The van der Waals surface area contributed by atoms with E-state index in [4.69, 9.17) is 0 Å². The molecule has 6 nitrogen and oxygen atoms in total. The van der Waals surface area contributed by atoms with Crippen LogP contribution in [-0.4, -0.2) is 29.3 Å². The van der Waals surface area contributed by atoms with Crippen molar-refractivity contribution in [3.05, 3.63) is 52.6 Å². The SMILES string of the molecule is CCN(C(=O)c1cccc(N2C(=O)CCC2=O)c1)c1ccc(Br)cn1. The number of rotatable bonds is 4. The third-order valence-corrected chi connectivity index (χ3v) is 4.42. The van der Waals surface area contributed by atoms with E-state index in [9.17, 15) is 14.4 Å². The van der Waals surface area contributed by atoms with E-state index in [1.54, 1.807) is 41.4 Å². The molecule has 0 spiro atoms. The van der Waals surface area contributed by atoms with Crippen molar-refractivity contribution in [3.63, 3.8) is 0 Å². The number of nitrogens with zero attached hydrogens (tertiary/aromatic N) is 3. The molecular weight excluding hydrogens is 386 g/mol. The summed E-state index contributed by atoms with van der Waals surface area (Å²) in [5, 5.41) is 0. The minimum Gasteiger partial charge on any atom is -0.293 e. The van der Waals surface area contributed by atoms with Gasteiger partial charge >= 0.3 is 0 Å². The summed E-state index contributed by atoms with van der Waals surface area (Å²) in [6.45, 7) is 2.30. The van der Waals surface area contributed by atoms with Crippen LogP contribution < -0.4 is 9.80 Å². The van der Waals surface area contributed by atoms with Gasteiger partial charge < -0.3 is 0 Å². The van der Waals surface area contributed by atoms with Crippen LogP contribution in [0.2, 0.25) is 0 Å². The van der Waals surface area contributed by atoms with Crippen LogP contribution in [0.3, 0.4) is 0 Å². The van der Waals surface area contributed by atoms with Crippen LogP contribution in [0.25, 0.3) is 0 Å². The fourth-order valence-corrected chi connectivity index (χ4v) is 2.97. The van der Waals surface area contributed by atoms with Gasteiger partial charge in [-0.05, 0) is 53.2 Å². The third-order valence-electron chi connectivity index (χ3n) is 3.95. The fraction of sp³-hybridized carbons (Fsp3) is 0.222. The van der Waals surface area contributed by atoms with Crippen molar-refractivity contribution in [1.29, 1.82) is 0 Å². The van der Waals surface area contributed by atoms with E-state index in [0.717, 1.165) is 9.37 Å². The summed E-state index contributed by atoms with van der Waals surface area (Å²) in [7, 11) is 0. The first kappa shape index (κ1) is 17.3. The van der Waals surface area contributed by atoms with Crippen LogP contribution in [0.1, 0.15) is 30.1 Å². The molecule has 2 heterocycles. The van der Waals surface area contributed by atoms with Gasteiger partial charge in [0.1, 0.15) is 5.82 Å². The first-order chi connectivity index (χ1) is 12.0. The number of hydrogen-bond acceptors (Lipinski definition) is 4. The molecule has 1 aliphatic heterocycles. The van der Waals surface area contributed by atoms with E-state index >= 15 is 0 Å². The average Bonchev–Trinajstić information content (AvgIpc) is 2.96. The second kappa shape index (κ2) is 7.14. The Morgan fingerprint density at radius 1 is 1.20 bits per heavy atom. The lowest BCUT2D eigenvalue weighted by atomic mass is 10.1. The molecule has 3 rings (SSSR count). The number of amides is 3. The van der Waals surface area contributed by atoms with Gasteiger partial charge in [-0.3, -0.25) is 24.2 Å². The first-order valence-electron chi connectivity index (χ1n) is 7.90. The largest absolute Gasteiger partial charge is 0.293 e. The first-order valence-corrected chi connectivity index (χ1v) is 8.70. The Labute approximate surface area is 153 Å². The summed E-state index contributed by atoms with van der Waals surface area (Å²) in [6, 6.07) is 10.1. The van der Waals surface area contributed by atoms with Gasteiger partial charge in [0.05, 0.1) is 5.69 Å². The maximum atomic E-state index is 12.9. The highest BCUT2D eigenvalue weighted by molar-refractivity contribution is 9.10. The molecule has 0 saturated carbocycles. The van der Waals surface area contributed by atoms with Crippen LogP contribution in [-0.2, 0) is 9.59 Å². The lowest BCUT2D eigenvalue weighted by molar-refractivity contribution is -0.121. The van der Waals surface area contributed by atoms with Gasteiger partial charge in [-0.1, -0.05) is 6.07 Å². The number of carbonyl (C=O) groups excluding carboxylic acids is 3. The number of hydrogen-bond donors (Lipinski definition) is 0. The number of carbonyl (C=O) groups is 3. The Morgan fingerprint density at radius 2 is 1.92 bits per heavy atom. The second-order valence-electron chi connectivity index (χ2n) is 5.56. The van der Waals surface area contributed by atoms with E-state index in [1.807, 2.05) is 13.0 Å². The number of imide groups is 1. The predicted octanol–water partition coefficient (Wildman–Crippen LogP) is 3.16. The summed E-state index contributed by atoms with van der Waals surface area (Å²) in [6.07, 6.45) is 2.05. The summed E-state index contributed by atoms with van der Waals surface area (Å²) in [5.74, 6) is -0.180. The number of aromatic nitrogens is 1. The molecule has 0 N–H and O–H groups in total. The number of anilines is 2. The zero-order valence-electron chi connectivity index (χ0n) is 13.6. The van der Waals surface area contributed by atoms with Crippen LogP contribution in [0.15, 0.2) is 47.1 Å². The van der Waals surface area contributed by atoms with E-state index in [1.165, 1.54) is 0 Å². The van der Waals surface area contributed by atoms with Gasteiger partial charge in [0.25, 0.3) is 5.91 Å².